The van der Waals surface area contributed by atoms with E-state index in [1.54, 1.807) is 0 Å². The van der Waals surface area contributed by atoms with Gasteiger partial charge in [0.05, 0.1) is 18.3 Å². The third kappa shape index (κ3) is 5.24. The van der Waals surface area contributed by atoms with E-state index in [0.29, 0.717) is 30.7 Å². The van der Waals surface area contributed by atoms with E-state index in [1.807, 2.05) is 0 Å². The molecule has 2 saturated heterocycles. The zero-order valence-corrected chi connectivity index (χ0v) is 14.0. The van der Waals surface area contributed by atoms with Gasteiger partial charge >= 0.3 is 5.97 Å². The Morgan fingerprint density at radius 2 is 1.86 bits per heavy atom. The fourth-order valence-electron chi connectivity index (χ4n) is 3.90. The third-order valence-corrected chi connectivity index (χ3v) is 5.09. The van der Waals surface area contributed by atoms with Crippen LogP contribution in [0.4, 0.5) is 0 Å². The number of fused-ring (bicyclic) bond motifs is 2. The van der Waals surface area contributed by atoms with Crippen LogP contribution in [0.2, 0.25) is 0 Å². The van der Waals surface area contributed by atoms with Crippen molar-refractivity contribution in [1.82, 2.24) is 0 Å². The van der Waals surface area contributed by atoms with E-state index >= 15 is 0 Å². The molecule has 2 bridgehead atoms. The SMILES string of the molecule is CCCCCO[C@@H]1[C@H](CCCCCCC(=O)O)[C@@H]2CC[C@H]1O2. The summed E-state index contributed by atoms with van der Waals surface area (Å²) in [7, 11) is 0. The lowest BCUT2D eigenvalue weighted by Crippen LogP contribution is -2.35. The first-order valence-electron chi connectivity index (χ1n) is 9.21. The van der Waals surface area contributed by atoms with Crippen molar-refractivity contribution in [3.63, 3.8) is 0 Å². The number of ether oxygens (including phenoxy) is 2. The zero-order chi connectivity index (χ0) is 15.8. The average molecular weight is 312 g/mol. The maximum absolute atomic E-state index is 10.5. The molecule has 4 nitrogen and oxygen atoms in total. The van der Waals surface area contributed by atoms with Gasteiger partial charge in [0.1, 0.15) is 0 Å². The molecule has 2 aliphatic rings. The van der Waals surface area contributed by atoms with Gasteiger partial charge in [-0.15, -0.1) is 0 Å². The van der Waals surface area contributed by atoms with Gasteiger partial charge in [0, 0.05) is 18.9 Å². The molecule has 0 aromatic heterocycles. The molecule has 2 heterocycles. The summed E-state index contributed by atoms with van der Waals surface area (Å²) in [5.41, 5.74) is 0. The smallest absolute Gasteiger partial charge is 0.303 e. The number of carbonyl (C=O) groups is 1. The Kier molecular flexibility index (Phi) is 7.67. The molecule has 0 amide bonds. The van der Waals surface area contributed by atoms with Crippen LogP contribution in [0.1, 0.15) is 77.6 Å². The van der Waals surface area contributed by atoms with Gasteiger partial charge in [-0.25, -0.2) is 0 Å². The minimum Gasteiger partial charge on any atom is -0.481 e. The van der Waals surface area contributed by atoms with E-state index < -0.39 is 5.97 Å². The molecule has 2 aliphatic heterocycles. The van der Waals surface area contributed by atoms with Crippen molar-refractivity contribution in [1.29, 1.82) is 0 Å². The molecule has 1 N–H and O–H groups in total. The minimum atomic E-state index is -0.679. The van der Waals surface area contributed by atoms with Crippen LogP contribution in [0, 0.1) is 5.92 Å². The van der Waals surface area contributed by atoms with Crippen molar-refractivity contribution in [2.24, 2.45) is 5.92 Å². The van der Waals surface area contributed by atoms with Crippen molar-refractivity contribution in [2.45, 2.75) is 95.9 Å². The summed E-state index contributed by atoms with van der Waals surface area (Å²) in [4.78, 5) is 10.5. The van der Waals surface area contributed by atoms with Crippen LogP contribution in [0.15, 0.2) is 0 Å². The number of carboxylic acids is 1. The van der Waals surface area contributed by atoms with E-state index in [1.165, 1.54) is 32.1 Å². The van der Waals surface area contributed by atoms with Gasteiger partial charge in [0.25, 0.3) is 0 Å². The topological polar surface area (TPSA) is 55.8 Å². The van der Waals surface area contributed by atoms with Crippen LogP contribution < -0.4 is 0 Å². The van der Waals surface area contributed by atoms with Crippen molar-refractivity contribution in [3.8, 4) is 0 Å². The summed E-state index contributed by atoms with van der Waals surface area (Å²) in [6.45, 7) is 3.09. The molecule has 0 unspecified atom stereocenters. The molecule has 2 rings (SSSR count). The standard InChI is InChI=1S/C18H32O4/c1-2-3-8-13-21-18-14(15-11-12-16(18)22-15)9-6-4-5-7-10-17(19)20/h14-16,18H,2-13H2,1H3,(H,19,20)/t14-,15+,16-,18-/m1/s1. The van der Waals surface area contributed by atoms with Gasteiger partial charge in [-0.2, -0.15) is 0 Å². The van der Waals surface area contributed by atoms with Crippen LogP contribution >= 0.6 is 0 Å². The largest absolute Gasteiger partial charge is 0.481 e. The van der Waals surface area contributed by atoms with Crippen molar-refractivity contribution in [2.75, 3.05) is 6.61 Å². The van der Waals surface area contributed by atoms with Gasteiger partial charge < -0.3 is 14.6 Å². The molecule has 22 heavy (non-hydrogen) atoms. The maximum atomic E-state index is 10.5. The molecular weight excluding hydrogens is 280 g/mol. The second-order valence-corrected chi connectivity index (χ2v) is 6.84. The monoisotopic (exact) mass is 312 g/mol. The van der Waals surface area contributed by atoms with Crippen molar-refractivity contribution >= 4 is 5.97 Å². The first-order chi connectivity index (χ1) is 10.7. The Morgan fingerprint density at radius 3 is 2.64 bits per heavy atom. The Hall–Kier alpha value is -0.610. The molecule has 2 fully saturated rings. The summed E-state index contributed by atoms with van der Waals surface area (Å²) in [6, 6.07) is 0. The Bertz CT molecular complexity index is 331. The van der Waals surface area contributed by atoms with Crippen molar-refractivity contribution in [3.05, 3.63) is 0 Å². The zero-order valence-electron chi connectivity index (χ0n) is 14.0. The lowest BCUT2D eigenvalue weighted by atomic mass is 9.83. The highest BCUT2D eigenvalue weighted by atomic mass is 16.6. The van der Waals surface area contributed by atoms with E-state index in [-0.39, 0.29) is 0 Å². The summed E-state index contributed by atoms with van der Waals surface area (Å²) in [6.07, 6.45) is 12.7. The van der Waals surface area contributed by atoms with E-state index in [4.69, 9.17) is 14.6 Å². The molecule has 4 heteroatoms. The predicted octanol–water partition coefficient (Wildman–Crippen LogP) is 4.16. The molecule has 0 aromatic carbocycles. The molecule has 4 atom stereocenters. The normalized spacial score (nSPS) is 30.0. The molecule has 0 aromatic rings. The first kappa shape index (κ1) is 17.7. The quantitative estimate of drug-likeness (QED) is 0.550. The molecular formula is C18H32O4. The molecule has 0 aliphatic carbocycles. The fraction of sp³-hybridized carbons (Fsp3) is 0.944. The second kappa shape index (κ2) is 9.51. The number of rotatable bonds is 12. The van der Waals surface area contributed by atoms with Crippen LogP contribution in [0.5, 0.6) is 0 Å². The molecule has 0 radical (unpaired) electrons. The van der Waals surface area contributed by atoms with Gasteiger partial charge in [-0.3, -0.25) is 4.79 Å². The number of aliphatic carboxylic acids is 1. The Balaban J connectivity index is 1.63. The van der Waals surface area contributed by atoms with Crippen LogP contribution in [-0.2, 0) is 14.3 Å². The first-order valence-corrected chi connectivity index (χ1v) is 9.21. The maximum Gasteiger partial charge on any atom is 0.303 e. The number of hydrogen-bond donors (Lipinski definition) is 1. The lowest BCUT2D eigenvalue weighted by Gasteiger charge is -2.28. The third-order valence-electron chi connectivity index (χ3n) is 5.09. The lowest BCUT2D eigenvalue weighted by molar-refractivity contribution is -0.137. The fourth-order valence-corrected chi connectivity index (χ4v) is 3.90. The van der Waals surface area contributed by atoms with E-state index in [0.717, 1.165) is 38.7 Å². The summed E-state index contributed by atoms with van der Waals surface area (Å²) < 4.78 is 12.2. The van der Waals surface area contributed by atoms with Gasteiger partial charge in [-0.1, -0.05) is 39.0 Å². The summed E-state index contributed by atoms with van der Waals surface area (Å²) in [5, 5.41) is 8.64. The van der Waals surface area contributed by atoms with Crippen molar-refractivity contribution < 1.29 is 19.4 Å². The number of unbranched alkanes of at least 4 members (excludes halogenated alkanes) is 5. The second-order valence-electron chi connectivity index (χ2n) is 6.84. The van der Waals surface area contributed by atoms with Crippen LogP contribution in [0.25, 0.3) is 0 Å². The Labute approximate surface area is 134 Å². The Morgan fingerprint density at radius 1 is 1.09 bits per heavy atom. The van der Waals surface area contributed by atoms with Gasteiger partial charge in [0.15, 0.2) is 0 Å². The van der Waals surface area contributed by atoms with Gasteiger partial charge in [0.2, 0.25) is 0 Å². The van der Waals surface area contributed by atoms with Crippen LogP contribution in [-0.4, -0.2) is 36.0 Å². The highest BCUT2D eigenvalue weighted by Crippen LogP contribution is 2.43. The summed E-state index contributed by atoms with van der Waals surface area (Å²) >= 11 is 0. The number of hydrogen-bond acceptors (Lipinski definition) is 3. The molecule has 128 valence electrons. The van der Waals surface area contributed by atoms with E-state index in [9.17, 15) is 4.79 Å². The highest BCUT2D eigenvalue weighted by molar-refractivity contribution is 5.66. The molecule has 0 saturated carbocycles. The predicted molar refractivity (Wildman–Crippen MR) is 86.0 cm³/mol. The number of carboxylic acid groups (broad SMARTS) is 1. The van der Waals surface area contributed by atoms with Gasteiger partial charge in [-0.05, 0) is 32.1 Å². The average Bonchev–Trinajstić information content (AvgIpc) is 3.08. The highest BCUT2D eigenvalue weighted by Gasteiger charge is 2.48. The van der Waals surface area contributed by atoms with Crippen LogP contribution in [0.3, 0.4) is 0 Å². The summed E-state index contributed by atoms with van der Waals surface area (Å²) in [5.74, 6) is -0.109. The minimum absolute atomic E-state index is 0.306. The molecule has 0 spiro atoms. The van der Waals surface area contributed by atoms with E-state index in [2.05, 4.69) is 6.92 Å².